The first-order chi connectivity index (χ1) is 14.3. The third-order valence-electron chi connectivity index (χ3n) is 6.23. The number of piperazine rings is 1. The van der Waals surface area contributed by atoms with Crippen LogP contribution in [0, 0.1) is 5.92 Å². The predicted molar refractivity (Wildman–Crippen MR) is 123 cm³/mol. The fourth-order valence-corrected chi connectivity index (χ4v) is 4.37. The van der Waals surface area contributed by atoms with Gasteiger partial charge in [0.05, 0.1) is 5.71 Å². The second-order valence-electron chi connectivity index (χ2n) is 8.62. The highest BCUT2D eigenvalue weighted by Gasteiger charge is 2.25. The number of nitrogens with zero attached hydrogens (tertiary/aromatic N) is 3. The molecule has 0 amide bonds. The van der Waals surface area contributed by atoms with Gasteiger partial charge in [-0.25, -0.2) is 0 Å². The summed E-state index contributed by atoms with van der Waals surface area (Å²) in [4.78, 5) is 10.8. The first-order valence-electron chi connectivity index (χ1n) is 11.6. The fraction of sp³-hybridized carbons (Fsp3) is 0.640. The van der Waals surface area contributed by atoms with E-state index in [0.29, 0.717) is 5.92 Å². The highest BCUT2D eigenvalue weighted by Crippen LogP contribution is 2.31. The lowest BCUT2D eigenvalue weighted by Crippen LogP contribution is -2.44. The zero-order chi connectivity index (χ0) is 20.3. The van der Waals surface area contributed by atoms with E-state index in [2.05, 4.69) is 60.2 Å². The van der Waals surface area contributed by atoms with Gasteiger partial charge >= 0.3 is 0 Å². The Bertz CT molecular complexity index is 647. The second kappa shape index (κ2) is 12.1. The summed E-state index contributed by atoms with van der Waals surface area (Å²) >= 11 is 0. The Morgan fingerprint density at radius 2 is 1.90 bits per heavy atom. The minimum atomic E-state index is 0.552. The van der Waals surface area contributed by atoms with E-state index in [-0.39, 0.29) is 0 Å². The molecule has 160 valence electrons. The molecule has 1 aromatic carbocycles. The van der Waals surface area contributed by atoms with E-state index in [4.69, 9.17) is 9.99 Å². The van der Waals surface area contributed by atoms with Gasteiger partial charge in [0.15, 0.2) is 0 Å². The van der Waals surface area contributed by atoms with Crippen molar-refractivity contribution in [2.45, 2.75) is 51.9 Å². The van der Waals surface area contributed by atoms with Crippen LogP contribution in [0.1, 0.15) is 57.4 Å². The first-order valence-corrected chi connectivity index (χ1v) is 11.6. The van der Waals surface area contributed by atoms with Crippen LogP contribution in [-0.4, -0.2) is 61.9 Å². The summed E-state index contributed by atoms with van der Waals surface area (Å²) in [5.74, 6) is 0.552. The molecule has 0 spiro atoms. The summed E-state index contributed by atoms with van der Waals surface area (Å²) in [5.41, 5.74) is 3.86. The van der Waals surface area contributed by atoms with Gasteiger partial charge in [0.25, 0.3) is 0 Å². The van der Waals surface area contributed by atoms with Crippen LogP contribution in [0.2, 0.25) is 0 Å². The van der Waals surface area contributed by atoms with Crippen molar-refractivity contribution >= 4 is 11.8 Å². The van der Waals surface area contributed by atoms with Crippen LogP contribution in [0.3, 0.4) is 0 Å². The minimum Gasteiger partial charge on any atom is -0.396 e. The Kier molecular flexibility index (Phi) is 9.23. The van der Waals surface area contributed by atoms with E-state index in [1.54, 1.807) is 0 Å². The SMILES string of the molecule is CCCC[C@@H]1CCCC(=C\c2ccccc2)/C1=N/OCCCN1CCN(C)CC1. The molecule has 0 aromatic heterocycles. The van der Waals surface area contributed by atoms with Crippen LogP contribution in [0.5, 0.6) is 0 Å². The molecule has 1 aliphatic heterocycles. The van der Waals surface area contributed by atoms with Gasteiger partial charge in [0.2, 0.25) is 0 Å². The van der Waals surface area contributed by atoms with E-state index in [1.807, 2.05) is 0 Å². The number of benzene rings is 1. The number of likely N-dealkylation sites (N-methyl/N-ethyl adjacent to an activating group) is 1. The zero-order valence-corrected chi connectivity index (χ0v) is 18.5. The molecular formula is C25H39N3O. The van der Waals surface area contributed by atoms with Crippen molar-refractivity contribution in [2.75, 3.05) is 46.4 Å². The molecule has 0 radical (unpaired) electrons. The van der Waals surface area contributed by atoms with Crippen molar-refractivity contribution in [3.8, 4) is 0 Å². The standard InChI is InChI=1S/C25H39N3O/c1-3-4-12-23-13-8-14-24(21-22-10-6-5-7-11-22)25(23)26-29-20-9-15-28-18-16-27(2)17-19-28/h5-7,10-11,21,23H,3-4,8-9,12-20H2,1-2H3/b24-21+,26-25+/t23-/m1/s1. The molecule has 1 saturated carbocycles. The molecule has 1 aromatic rings. The molecule has 1 heterocycles. The minimum absolute atomic E-state index is 0.552. The number of hydrogen-bond donors (Lipinski definition) is 0. The predicted octanol–water partition coefficient (Wildman–Crippen LogP) is 5.07. The van der Waals surface area contributed by atoms with Gasteiger partial charge in [-0.15, -0.1) is 0 Å². The summed E-state index contributed by atoms with van der Waals surface area (Å²) in [5, 5.41) is 4.71. The Balaban J connectivity index is 1.57. The lowest BCUT2D eigenvalue weighted by Gasteiger charge is -2.32. The lowest BCUT2D eigenvalue weighted by molar-refractivity contribution is 0.110. The van der Waals surface area contributed by atoms with Crippen LogP contribution in [0.4, 0.5) is 0 Å². The Hall–Kier alpha value is -1.65. The van der Waals surface area contributed by atoms with Crippen LogP contribution in [0.25, 0.3) is 6.08 Å². The molecule has 4 nitrogen and oxygen atoms in total. The Morgan fingerprint density at radius 3 is 2.66 bits per heavy atom. The van der Waals surface area contributed by atoms with Gasteiger partial charge in [-0.3, -0.25) is 0 Å². The quantitative estimate of drug-likeness (QED) is 0.430. The maximum absolute atomic E-state index is 5.87. The van der Waals surface area contributed by atoms with E-state index >= 15 is 0 Å². The largest absolute Gasteiger partial charge is 0.396 e. The summed E-state index contributed by atoms with van der Waals surface area (Å²) in [6.07, 6.45) is 10.7. The molecule has 0 N–H and O–H groups in total. The molecule has 29 heavy (non-hydrogen) atoms. The molecule has 4 heteroatoms. The van der Waals surface area contributed by atoms with Gasteiger partial charge < -0.3 is 14.6 Å². The number of oxime groups is 1. The van der Waals surface area contributed by atoms with E-state index in [9.17, 15) is 0 Å². The average molecular weight is 398 g/mol. The first kappa shape index (κ1) is 22.0. The van der Waals surface area contributed by atoms with Crippen molar-refractivity contribution in [3.05, 3.63) is 41.5 Å². The molecule has 1 atom stereocenters. The number of allylic oxidation sites excluding steroid dienone is 1. The van der Waals surface area contributed by atoms with Crippen molar-refractivity contribution in [3.63, 3.8) is 0 Å². The van der Waals surface area contributed by atoms with Crippen molar-refractivity contribution in [1.29, 1.82) is 0 Å². The normalized spacial score (nSPS) is 24.3. The topological polar surface area (TPSA) is 28.1 Å². The van der Waals surface area contributed by atoms with E-state index < -0.39 is 0 Å². The smallest absolute Gasteiger partial charge is 0.118 e. The van der Waals surface area contributed by atoms with Crippen molar-refractivity contribution in [1.82, 2.24) is 9.80 Å². The average Bonchev–Trinajstić information content (AvgIpc) is 2.75. The Morgan fingerprint density at radius 1 is 1.10 bits per heavy atom. The number of hydrogen-bond acceptors (Lipinski definition) is 4. The van der Waals surface area contributed by atoms with Gasteiger partial charge in [0.1, 0.15) is 6.61 Å². The van der Waals surface area contributed by atoms with Crippen molar-refractivity contribution in [2.24, 2.45) is 11.1 Å². The summed E-state index contributed by atoms with van der Waals surface area (Å²) in [6, 6.07) is 10.6. The van der Waals surface area contributed by atoms with Gasteiger partial charge in [-0.1, -0.05) is 55.3 Å². The molecule has 1 aliphatic carbocycles. The molecule has 0 bridgehead atoms. The van der Waals surface area contributed by atoms with Crippen molar-refractivity contribution < 1.29 is 4.84 Å². The van der Waals surface area contributed by atoms with Crippen LogP contribution in [0.15, 0.2) is 41.1 Å². The molecule has 0 unspecified atom stereocenters. The second-order valence-corrected chi connectivity index (χ2v) is 8.62. The lowest BCUT2D eigenvalue weighted by atomic mass is 9.80. The summed E-state index contributed by atoms with van der Waals surface area (Å²) in [7, 11) is 2.20. The highest BCUT2D eigenvalue weighted by atomic mass is 16.6. The number of rotatable bonds is 9. The third kappa shape index (κ3) is 7.27. The molecule has 2 fully saturated rings. The fourth-order valence-electron chi connectivity index (χ4n) is 4.37. The molecule has 2 aliphatic rings. The monoisotopic (exact) mass is 397 g/mol. The summed E-state index contributed by atoms with van der Waals surface area (Å²) < 4.78 is 0. The molecule has 3 rings (SSSR count). The van der Waals surface area contributed by atoms with Gasteiger partial charge in [0, 0.05) is 38.6 Å². The molecular weight excluding hydrogens is 358 g/mol. The summed E-state index contributed by atoms with van der Waals surface area (Å²) in [6.45, 7) is 8.81. The maximum atomic E-state index is 5.87. The van der Waals surface area contributed by atoms with Crippen LogP contribution < -0.4 is 0 Å². The zero-order valence-electron chi connectivity index (χ0n) is 18.5. The third-order valence-corrected chi connectivity index (χ3v) is 6.23. The molecule has 1 saturated heterocycles. The van der Waals surface area contributed by atoms with E-state index in [1.165, 1.54) is 75.1 Å². The van der Waals surface area contributed by atoms with Crippen LogP contribution in [-0.2, 0) is 4.84 Å². The van der Waals surface area contributed by atoms with E-state index in [0.717, 1.165) is 26.0 Å². The highest BCUT2D eigenvalue weighted by molar-refractivity contribution is 6.05. The Labute approximate surface area is 177 Å². The number of unbranched alkanes of at least 4 members (excludes halogenated alkanes) is 1. The van der Waals surface area contributed by atoms with Crippen LogP contribution >= 0.6 is 0 Å². The van der Waals surface area contributed by atoms with Gasteiger partial charge in [-0.2, -0.15) is 0 Å². The maximum Gasteiger partial charge on any atom is 0.118 e. The van der Waals surface area contributed by atoms with Gasteiger partial charge in [-0.05, 0) is 56.4 Å².